The lowest BCUT2D eigenvalue weighted by molar-refractivity contribution is 0.0697. The zero-order valence-corrected chi connectivity index (χ0v) is 10.8. The van der Waals surface area contributed by atoms with Crippen LogP contribution in [0.15, 0.2) is 34.9 Å². The van der Waals surface area contributed by atoms with Crippen molar-refractivity contribution in [2.45, 2.75) is 13.5 Å². The van der Waals surface area contributed by atoms with Crippen LogP contribution >= 0.6 is 15.9 Å². The second-order valence-electron chi connectivity index (χ2n) is 3.56. The van der Waals surface area contributed by atoms with Crippen LogP contribution in [0, 0.1) is 0 Å². The molecule has 1 aromatic heterocycles. The summed E-state index contributed by atoms with van der Waals surface area (Å²) in [6.07, 6.45) is 1.55. The van der Waals surface area contributed by atoms with Crippen LogP contribution < -0.4 is 0 Å². The molecule has 5 heteroatoms. The number of aromatic nitrogens is 2. The van der Waals surface area contributed by atoms with Gasteiger partial charge >= 0.3 is 5.97 Å². The highest BCUT2D eigenvalue weighted by Gasteiger charge is 2.16. The second-order valence-corrected chi connectivity index (χ2v) is 4.48. The van der Waals surface area contributed by atoms with Crippen LogP contribution in [0.2, 0.25) is 0 Å². The van der Waals surface area contributed by atoms with Crippen molar-refractivity contribution < 1.29 is 9.90 Å². The predicted octanol–water partition coefficient (Wildman–Crippen LogP) is 3.03. The molecule has 0 bridgehead atoms. The Morgan fingerprint density at radius 1 is 1.53 bits per heavy atom. The van der Waals surface area contributed by atoms with Crippen molar-refractivity contribution in [3.05, 3.63) is 40.5 Å². The fourth-order valence-corrected chi connectivity index (χ4v) is 1.99. The number of aryl methyl sites for hydroxylation is 1. The normalized spacial score (nSPS) is 10.5. The van der Waals surface area contributed by atoms with Crippen LogP contribution in [0.4, 0.5) is 0 Å². The molecule has 0 spiro atoms. The lowest BCUT2D eigenvalue weighted by atomic mass is 10.1. The third-order valence-electron chi connectivity index (χ3n) is 2.41. The summed E-state index contributed by atoms with van der Waals surface area (Å²) >= 11 is 3.36. The maximum Gasteiger partial charge on any atom is 0.339 e. The van der Waals surface area contributed by atoms with Gasteiger partial charge in [-0.15, -0.1) is 0 Å². The Morgan fingerprint density at radius 3 is 2.88 bits per heavy atom. The van der Waals surface area contributed by atoms with Gasteiger partial charge in [0.1, 0.15) is 11.3 Å². The van der Waals surface area contributed by atoms with Gasteiger partial charge in [0, 0.05) is 22.8 Å². The quantitative estimate of drug-likeness (QED) is 0.947. The molecule has 88 valence electrons. The first-order valence-corrected chi connectivity index (χ1v) is 5.97. The largest absolute Gasteiger partial charge is 0.478 e. The Hall–Kier alpha value is -1.62. The molecule has 0 fully saturated rings. The van der Waals surface area contributed by atoms with Crippen LogP contribution in [-0.4, -0.2) is 20.9 Å². The van der Waals surface area contributed by atoms with Gasteiger partial charge in [0.15, 0.2) is 0 Å². The van der Waals surface area contributed by atoms with E-state index in [1.807, 2.05) is 31.2 Å². The van der Waals surface area contributed by atoms with E-state index in [9.17, 15) is 4.79 Å². The van der Waals surface area contributed by atoms with Crippen molar-refractivity contribution in [1.82, 2.24) is 9.78 Å². The highest BCUT2D eigenvalue weighted by molar-refractivity contribution is 9.10. The first-order valence-electron chi connectivity index (χ1n) is 5.18. The number of carbonyl (C=O) groups is 1. The number of rotatable bonds is 3. The lowest BCUT2D eigenvalue weighted by Gasteiger charge is -1.99. The minimum Gasteiger partial charge on any atom is -0.478 e. The van der Waals surface area contributed by atoms with Gasteiger partial charge in [-0.2, -0.15) is 5.10 Å². The molecule has 0 aliphatic carbocycles. The van der Waals surface area contributed by atoms with Gasteiger partial charge in [0.05, 0.1) is 0 Å². The smallest absolute Gasteiger partial charge is 0.339 e. The Kier molecular flexibility index (Phi) is 3.28. The predicted molar refractivity (Wildman–Crippen MR) is 68.0 cm³/mol. The molecule has 0 aliphatic rings. The van der Waals surface area contributed by atoms with E-state index >= 15 is 0 Å². The number of hydrogen-bond acceptors (Lipinski definition) is 2. The third-order valence-corrected chi connectivity index (χ3v) is 2.91. The fourth-order valence-electron chi connectivity index (χ4n) is 1.59. The molecular weight excluding hydrogens is 284 g/mol. The molecule has 4 nitrogen and oxygen atoms in total. The Bertz CT molecular complexity index is 563. The van der Waals surface area contributed by atoms with Crippen LogP contribution in [0.5, 0.6) is 0 Å². The van der Waals surface area contributed by atoms with Crippen molar-refractivity contribution >= 4 is 21.9 Å². The number of benzene rings is 1. The van der Waals surface area contributed by atoms with Gasteiger partial charge in [-0.3, -0.25) is 4.68 Å². The van der Waals surface area contributed by atoms with E-state index in [-0.39, 0.29) is 5.56 Å². The molecule has 0 aliphatic heterocycles. The molecule has 0 radical (unpaired) electrons. The summed E-state index contributed by atoms with van der Waals surface area (Å²) in [7, 11) is 0. The van der Waals surface area contributed by atoms with E-state index in [0.717, 1.165) is 10.0 Å². The van der Waals surface area contributed by atoms with E-state index in [2.05, 4.69) is 21.0 Å². The van der Waals surface area contributed by atoms with Crippen LogP contribution in [-0.2, 0) is 6.54 Å². The molecular formula is C12H11BrN2O2. The Balaban J connectivity index is 2.57. The average Bonchev–Trinajstić information content (AvgIpc) is 2.73. The Labute approximate surface area is 107 Å². The summed E-state index contributed by atoms with van der Waals surface area (Å²) < 4.78 is 2.53. The Morgan fingerprint density at radius 2 is 2.29 bits per heavy atom. The maximum atomic E-state index is 11.1. The van der Waals surface area contributed by atoms with E-state index < -0.39 is 5.97 Å². The van der Waals surface area contributed by atoms with E-state index in [0.29, 0.717) is 12.2 Å². The third kappa shape index (κ3) is 2.39. The van der Waals surface area contributed by atoms with Crippen LogP contribution in [0.3, 0.4) is 0 Å². The van der Waals surface area contributed by atoms with Gasteiger partial charge < -0.3 is 5.11 Å². The van der Waals surface area contributed by atoms with Gasteiger partial charge in [-0.25, -0.2) is 4.79 Å². The molecule has 0 atom stereocenters. The van der Waals surface area contributed by atoms with E-state index in [1.54, 1.807) is 10.9 Å². The molecule has 17 heavy (non-hydrogen) atoms. The molecule has 0 saturated heterocycles. The van der Waals surface area contributed by atoms with Crippen molar-refractivity contribution in [2.75, 3.05) is 0 Å². The minimum atomic E-state index is -0.959. The fraction of sp³-hybridized carbons (Fsp3) is 0.167. The minimum absolute atomic E-state index is 0.227. The summed E-state index contributed by atoms with van der Waals surface area (Å²) in [6, 6.07) is 7.45. The number of nitrogens with zero attached hydrogens (tertiary/aromatic N) is 2. The summed E-state index contributed by atoms with van der Waals surface area (Å²) in [5.41, 5.74) is 1.52. The summed E-state index contributed by atoms with van der Waals surface area (Å²) in [4.78, 5) is 11.1. The molecule has 0 amide bonds. The van der Waals surface area contributed by atoms with Crippen molar-refractivity contribution in [2.24, 2.45) is 0 Å². The van der Waals surface area contributed by atoms with Crippen molar-refractivity contribution in [3.63, 3.8) is 0 Å². The number of aromatic carboxylic acids is 1. The summed E-state index contributed by atoms with van der Waals surface area (Å²) in [5, 5.41) is 13.4. The number of halogens is 1. The van der Waals surface area contributed by atoms with Crippen LogP contribution in [0.25, 0.3) is 11.3 Å². The SMILES string of the molecule is CCn1cc(C(=O)O)c(-c2cccc(Br)c2)n1. The first-order chi connectivity index (χ1) is 8.11. The highest BCUT2D eigenvalue weighted by Crippen LogP contribution is 2.25. The second kappa shape index (κ2) is 4.71. The molecule has 0 unspecified atom stereocenters. The zero-order chi connectivity index (χ0) is 12.4. The lowest BCUT2D eigenvalue weighted by Crippen LogP contribution is -1.96. The molecule has 1 N–H and O–H groups in total. The molecule has 1 heterocycles. The standard InChI is InChI=1S/C12H11BrN2O2/c1-2-15-7-10(12(16)17)11(14-15)8-4-3-5-9(13)6-8/h3-7H,2H2,1H3,(H,16,17). The molecule has 2 rings (SSSR count). The first kappa shape index (κ1) is 11.9. The van der Waals surface area contributed by atoms with Gasteiger partial charge in [0.2, 0.25) is 0 Å². The maximum absolute atomic E-state index is 11.1. The topological polar surface area (TPSA) is 55.1 Å². The number of hydrogen-bond donors (Lipinski definition) is 1. The van der Waals surface area contributed by atoms with Crippen molar-refractivity contribution in [3.8, 4) is 11.3 Å². The van der Waals surface area contributed by atoms with Crippen molar-refractivity contribution in [1.29, 1.82) is 0 Å². The van der Waals surface area contributed by atoms with Crippen LogP contribution in [0.1, 0.15) is 17.3 Å². The monoisotopic (exact) mass is 294 g/mol. The van der Waals surface area contributed by atoms with Gasteiger partial charge in [-0.05, 0) is 19.1 Å². The number of carboxylic acids is 1. The summed E-state index contributed by atoms with van der Waals surface area (Å²) in [6.45, 7) is 2.57. The summed E-state index contributed by atoms with van der Waals surface area (Å²) in [5.74, 6) is -0.959. The molecule has 2 aromatic rings. The van der Waals surface area contributed by atoms with E-state index in [4.69, 9.17) is 5.11 Å². The highest BCUT2D eigenvalue weighted by atomic mass is 79.9. The van der Waals surface area contributed by atoms with Gasteiger partial charge in [0.25, 0.3) is 0 Å². The zero-order valence-electron chi connectivity index (χ0n) is 9.22. The van der Waals surface area contributed by atoms with Gasteiger partial charge in [-0.1, -0.05) is 28.1 Å². The molecule has 1 aromatic carbocycles. The number of carboxylic acid groups (broad SMARTS) is 1. The van der Waals surface area contributed by atoms with E-state index in [1.165, 1.54) is 0 Å². The average molecular weight is 295 g/mol. The molecule has 0 saturated carbocycles.